The number of nitrogens with zero attached hydrogens (tertiary/aromatic N) is 1. The van der Waals surface area contributed by atoms with Crippen molar-refractivity contribution < 1.29 is 0 Å². The van der Waals surface area contributed by atoms with E-state index in [2.05, 4.69) is 16.3 Å². The van der Waals surface area contributed by atoms with Crippen molar-refractivity contribution in [2.75, 3.05) is 26.2 Å². The molecule has 20 heavy (non-hydrogen) atoms. The maximum absolute atomic E-state index is 6.39. The molecule has 1 aromatic rings. The molecule has 0 spiro atoms. The Morgan fingerprint density at radius 2 is 1.75 bits per heavy atom. The summed E-state index contributed by atoms with van der Waals surface area (Å²) < 4.78 is 0. The summed E-state index contributed by atoms with van der Waals surface area (Å²) in [5, 5.41) is 4.95. The summed E-state index contributed by atoms with van der Waals surface area (Å²) in [4.78, 5) is 2.57. The summed E-state index contributed by atoms with van der Waals surface area (Å²) in [6.45, 7) is 4.38. The van der Waals surface area contributed by atoms with Gasteiger partial charge in [0.05, 0.1) is 0 Å². The average molecular weight is 358 g/mol. The second-order valence-electron chi connectivity index (χ2n) is 5.23. The maximum atomic E-state index is 6.39. The zero-order valence-corrected chi connectivity index (χ0v) is 14.3. The van der Waals surface area contributed by atoms with Crippen LogP contribution in [0.1, 0.15) is 24.4 Å². The monoisotopic (exact) mass is 356 g/mol. The Bertz CT molecular complexity index is 431. The fraction of sp³-hybridized carbons (Fsp3) is 0.571. The van der Waals surface area contributed by atoms with E-state index < -0.39 is 0 Å². The first-order chi connectivity index (χ1) is 8.75. The van der Waals surface area contributed by atoms with E-state index in [0.717, 1.165) is 42.1 Å². The Balaban J connectivity index is 0.000001000. The Kier molecular flexibility index (Phi) is 7.40. The Morgan fingerprint density at radius 1 is 1.10 bits per heavy atom. The fourth-order valence-electron chi connectivity index (χ4n) is 2.86. The number of rotatable bonds is 3. The van der Waals surface area contributed by atoms with Crippen LogP contribution in [0.25, 0.3) is 0 Å². The Morgan fingerprint density at radius 3 is 2.30 bits per heavy atom. The molecule has 6 heteroatoms. The molecule has 1 aliphatic carbocycles. The number of hydrogen-bond donors (Lipinski definition) is 1. The van der Waals surface area contributed by atoms with Crippen LogP contribution in [-0.4, -0.2) is 31.1 Å². The van der Waals surface area contributed by atoms with Crippen LogP contribution in [0.5, 0.6) is 0 Å². The minimum Gasteiger partial charge on any atom is -0.314 e. The quantitative estimate of drug-likeness (QED) is 0.872. The van der Waals surface area contributed by atoms with Crippen LogP contribution in [0.15, 0.2) is 18.2 Å². The normalized spacial score (nSPS) is 20.7. The molecule has 114 valence electrons. The summed E-state index contributed by atoms with van der Waals surface area (Å²) >= 11 is 12.4. The van der Waals surface area contributed by atoms with E-state index in [4.69, 9.17) is 23.2 Å². The molecule has 1 N–H and O–H groups in total. The molecule has 0 bridgehead atoms. The van der Waals surface area contributed by atoms with Crippen LogP contribution in [0.2, 0.25) is 10.0 Å². The minimum atomic E-state index is 0. The van der Waals surface area contributed by atoms with Crippen LogP contribution >= 0.6 is 48.0 Å². The molecule has 1 heterocycles. The van der Waals surface area contributed by atoms with Crippen molar-refractivity contribution >= 4 is 48.0 Å². The number of hydrogen-bond acceptors (Lipinski definition) is 2. The van der Waals surface area contributed by atoms with E-state index in [1.807, 2.05) is 12.1 Å². The van der Waals surface area contributed by atoms with Crippen LogP contribution < -0.4 is 5.32 Å². The molecule has 2 nitrogen and oxygen atoms in total. The van der Waals surface area contributed by atoms with Crippen molar-refractivity contribution in [1.29, 1.82) is 0 Å². The van der Waals surface area contributed by atoms with Gasteiger partial charge in [0.15, 0.2) is 0 Å². The topological polar surface area (TPSA) is 15.3 Å². The largest absolute Gasteiger partial charge is 0.314 e. The third-order valence-electron chi connectivity index (χ3n) is 3.89. The Labute approximate surface area is 143 Å². The zero-order chi connectivity index (χ0) is 12.5. The van der Waals surface area contributed by atoms with Gasteiger partial charge in [0.1, 0.15) is 0 Å². The van der Waals surface area contributed by atoms with Gasteiger partial charge in [0.2, 0.25) is 0 Å². The van der Waals surface area contributed by atoms with Gasteiger partial charge < -0.3 is 5.32 Å². The van der Waals surface area contributed by atoms with Crippen molar-refractivity contribution in [3.63, 3.8) is 0 Å². The van der Waals surface area contributed by atoms with E-state index in [9.17, 15) is 0 Å². The first-order valence-corrected chi connectivity index (χ1v) is 7.41. The summed E-state index contributed by atoms with van der Waals surface area (Å²) in [6, 6.07) is 6.42. The molecule has 0 radical (unpaired) electrons. The third kappa shape index (κ3) is 4.16. The minimum absolute atomic E-state index is 0. The van der Waals surface area contributed by atoms with E-state index in [-0.39, 0.29) is 24.8 Å². The van der Waals surface area contributed by atoms with Crippen molar-refractivity contribution in [2.24, 2.45) is 5.92 Å². The van der Waals surface area contributed by atoms with E-state index in [1.165, 1.54) is 18.4 Å². The van der Waals surface area contributed by atoms with E-state index in [1.54, 1.807) is 0 Å². The lowest BCUT2D eigenvalue weighted by molar-refractivity contribution is 0.156. The lowest BCUT2D eigenvalue weighted by Crippen LogP contribution is -2.45. The zero-order valence-electron chi connectivity index (χ0n) is 11.1. The van der Waals surface area contributed by atoms with Gasteiger partial charge in [-0.1, -0.05) is 29.3 Å². The molecule has 3 rings (SSSR count). The van der Waals surface area contributed by atoms with Crippen molar-refractivity contribution in [1.82, 2.24) is 10.2 Å². The maximum Gasteiger partial charge on any atom is 0.0468 e. The third-order valence-corrected chi connectivity index (χ3v) is 4.46. The molecule has 2 fully saturated rings. The van der Waals surface area contributed by atoms with Crippen LogP contribution in [0.4, 0.5) is 0 Å². The van der Waals surface area contributed by atoms with Gasteiger partial charge in [0, 0.05) is 42.3 Å². The van der Waals surface area contributed by atoms with Gasteiger partial charge in [-0.3, -0.25) is 4.90 Å². The standard InChI is InChI=1S/C14H18Cl2N2.2ClH/c15-11-3-4-12(13(16)9-11)14(10-1-2-10)18-7-5-17-6-8-18;;/h3-4,9-10,14,17H,1-2,5-8H2;2*1H/t14-;;/m1../s1. The molecule has 1 atom stereocenters. The van der Waals surface area contributed by atoms with Gasteiger partial charge in [-0.15, -0.1) is 24.8 Å². The van der Waals surface area contributed by atoms with Gasteiger partial charge >= 0.3 is 0 Å². The molecule has 0 aromatic heterocycles. The lowest BCUT2D eigenvalue weighted by Gasteiger charge is -2.36. The molecule has 2 aliphatic rings. The second kappa shape index (κ2) is 8.07. The number of nitrogens with one attached hydrogen (secondary N) is 1. The average Bonchev–Trinajstić information content (AvgIpc) is 3.18. The first-order valence-electron chi connectivity index (χ1n) is 6.65. The molecule has 1 aliphatic heterocycles. The molecule has 0 unspecified atom stereocenters. The number of benzene rings is 1. The SMILES string of the molecule is Cl.Cl.Clc1ccc([C@@H](C2CC2)N2CCNCC2)c(Cl)c1. The fourth-order valence-corrected chi connectivity index (χ4v) is 3.38. The van der Waals surface area contributed by atoms with Crippen LogP contribution in [-0.2, 0) is 0 Å². The van der Waals surface area contributed by atoms with Gasteiger partial charge in [-0.2, -0.15) is 0 Å². The molecule has 0 amide bonds. The van der Waals surface area contributed by atoms with Gasteiger partial charge in [-0.05, 0) is 36.5 Å². The van der Waals surface area contributed by atoms with E-state index in [0.29, 0.717) is 6.04 Å². The lowest BCUT2D eigenvalue weighted by atomic mass is 9.99. The predicted octanol–water partition coefficient (Wildman–Crippen LogP) is 4.19. The Hall–Kier alpha value is 0.300. The second-order valence-corrected chi connectivity index (χ2v) is 6.08. The molecule has 1 saturated carbocycles. The van der Waals surface area contributed by atoms with E-state index >= 15 is 0 Å². The summed E-state index contributed by atoms with van der Waals surface area (Å²) in [6.07, 6.45) is 2.65. The molecular formula is C14H20Cl4N2. The van der Waals surface area contributed by atoms with Crippen LogP contribution in [0.3, 0.4) is 0 Å². The first kappa shape index (κ1) is 18.3. The predicted molar refractivity (Wildman–Crippen MR) is 90.9 cm³/mol. The van der Waals surface area contributed by atoms with Gasteiger partial charge in [0.25, 0.3) is 0 Å². The molecule has 1 aromatic carbocycles. The number of piperazine rings is 1. The van der Waals surface area contributed by atoms with Gasteiger partial charge in [-0.25, -0.2) is 0 Å². The summed E-state index contributed by atoms with van der Waals surface area (Å²) in [7, 11) is 0. The van der Waals surface area contributed by atoms with Crippen LogP contribution in [0, 0.1) is 5.92 Å². The smallest absolute Gasteiger partial charge is 0.0468 e. The van der Waals surface area contributed by atoms with Crippen molar-refractivity contribution in [2.45, 2.75) is 18.9 Å². The van der Waals surface area contributed by atoms with Crippen molar-refractivity contribution in [3.05, 3.63) is 33.8 Å². The number of halogens is 4. The van der Waals surface area contributed by atoms with Crippen molar-refractivity contribution in [3.8, 4) is 0 Å². The highest BCUT2D eigenvalue weighted by molar-refractivity contribution is 6.35. The summed E-state index contributed by atoms with van der Waals surface area (Å²) in [5.74, 6) is 0.779. The highest BCUT2D eigenvalue weighted by Gasteiger charge is 2.37. The highest BCUT2D eigenvalue weighted by Crippen LogP contribution is 2.46. The summed E-state index contributed by atoms with van der Waals surface area (Å²) in [5.41, 5.74) is 1.26. The molecule has 1 saturated heterocycles. The highest BCUT2D eigenvalue weighted by atomic mass is 35.5. The molecular weight excluding hydrogens is 338 g/mol.